The van der Waals surface area contributed by atoms with Gasteiger partial charge >= 0.3 is 0 Å². The molecular formula is C11H23ClN2O3S. The zero-order valence-electron chi connectivity index (χ0n) is 11.5. The van der Waals surface area contributed by atoms with Crippen LogP contribution in [0.5, 0.6) is 0 Å². The van der Waals surface area contributed by atoms with Gasteiger partial charge < -0.3 is 5.32 Å². The minimum atomic E-state index is -3.37. The number of likely N-dealkylation sites (N-methyl/N-ethyl adjacent to an activating group) is 1. The summed E-state index contributed by atoms with van der Waals surface area (Å²) in [6.45, 7) is 5.39. The minimum absolute atomic E-state index is 0.0268. The Kier molecular flexibility index (Phi) is 7.17. The molecule has 0 aliphatic rings. The second kappa shape index (κ2) is 7.31. The summed E-state index contributed by atoms with van der Waals surface area (Å²) >= 11 is 5.49. The van der Waals surface area contributed by atoms with E-state index in [2.05, 4.69) is 5.32 Å². The van der Waals surface area contributed by atoms with Gasteiger partial charge in [-0.1, -0.05) is 0 Å². The maximum Gasteiger partial charge on any atom is 0.235 e. The minimum Gasteiger partial charge on any atom is -0.350 e. The molecule has 0 aromatic rings. The summed E-state index contributed by atoms with van der Waals surface area (Å²) in [5.41, 5.74) is -0.361. The van der Waals surface area contributed by atoms with Gasteiger partial charge in [0, 0.05) is 18.5 Å². The van der Waals surface area contributed by atoms with Crippen LogP contribution in [0.15, 0.2) is 0 Å². The Morgan fingerprint density at radius 3 is 2.28 bits per heavy atom. The molecule has 0 saturated carbocycles. The zero-order valence-corrected chi connectivity index (χ0v) is 13.1. The summed E-state index contributed by atoms with van der Waals surface area (Å²) in [4.78, 5) is 11.6. The first-order valence-corrected chi connectivity index (χ1v) is 8.04. The lowest BCUT2D eigenvalue weighted by Gasteiger charge is -2.23. The van der Waals surface area contributed by atoms with E-state index in [0.717, 1.165) is 4.31 Å². The first-order chi connectivity index (χ1) is 8.08. The molecule has 0 unspecified atom stereocenters. The zero-order chi connectivity index (χ0) is 14.4. The van der Waals surface area contributed by atoms with E-state index < -0.39 is 10.0 Å². The van der Waals surface area contributed by atoms with Gasteiger partial charge in [0.25, 0.3) is 0 Å². The molecule has 108 valence electrons. The van der Waals surface area contributed by atoms with Crippen molar-refractivity contribution < 1.29 is 13.2 Å². The van der Waals surface area contributed by atoms with E-state index in [1.807, 2.05) is 20.8 Å². The smallest absolute Gasteiger partial charge is 0.235 e. The van der Waals surface area contributed by atoms with E-state index in [0.29, 0.717) is 18.7 Å². The number of carbonyl (C=O) groups is 1. The Morgan fingerprint density at radius 1 is 1.28 bits per heavy atom. The number of hydrogen-bond acceptors (Lipinski definition) is 3. The molecule has 0 aromatic carbocycles. The summed E-state index contributed by atoms with van der Waals surface area (Å²) < 4.78 is 24.7. The summed E-state index contributed by atoms with van der Waals surface area (Å²) in [6, 6.07) is 0. The first kappa shape index (κ1) is 17.7. The molecule has 0 heterocycles. The summed E-state index contributed by atoms with van der Waals surface area (Å²) in [5.74, 6) is 0.175. The molecule has 0 bridgehead atoms. The van der Waals surface area contributed by atoms with Crippen LogP contribution in [-0.4, -0.2) is 49.4 Å². The second-order valence-corrected chi connectivity index (χ2v) is 7.84. The van der Waals surface area contributed by atoms with Crippen LogP contribution in [0, 0.1) is 0 Å². The van der Waals surface area contributed by atoms with E-state index in [1.54, 1.807) is 0 Å². The number of hydrogen-bond donors (Lipinski definition) is 1. The Morgan fingerprint density at radius 2 is 1.83 bits per heavy atom. The van der Waals surface area contributed by atoms with Crippen LogP contribution in [0.1, 0.15) is 33.6 Å². The highest BCUT2D eigenvalue weighted by Gasteiger charge is 2.22. The molecule has 1 N–H and O–H groups in total. The number of halogens is 1. The fourth-order valence-corrected chi connectivity index (χ4v) is 2.68. The van der Waals surface area contributed by atoms with Crippen molar-refractivity contribution in [3.05, 3.63) is 0 Å². The van der Waals surface area contributed by atoms with Crippen LogP contribution >= 0.6 is 11.6 Å². The van der Waals surface area contributed by atoms with Crippen molar-refractivity contribution >= 4 is 27.5 Å². The van der Waals surface area contributed by atoms with Gasteiger partial charge in [0.15, 0.2) is 0 Å². The molecule has 0 saturated heterocycles. The third kappa shape index (κ3) is 7.89. The second-order valence-electron chi connectivity index (χ2n) is 5.27. The van der Waals surface area contributed by atoms with E-state index in [-0.39, 0.29) is 23.7 Å². The highest BCUT2D eigenvalue weighted by molar-refractivity contribution is 7.89. The van der Waals surface area contributed by atoms with Gasteiger partial charge in [-0.3, -0.25) is 4.79 Å². The molecule has 18 heavy (non-hydrogen) atoms. The number of nitrogens with one attached hydrogen (secondary N) is 1. The summed E-state index contributed by atoms with van der Waals surface area (Å²) in [5, 5.41) is 2.72. The highest BCUT2D eigenvalue weighted by Crippen LogP contribution is 2.04. The highest BCUT2D eigenvalue weighted by atomic mass is 35.5. The van der Waals surface area contributed by atoms with Crippen molar-refractivity contribution in [2.75, 3.05) is 25.2 Å². The number of alkyl halides is 1. The fourth-order valence-electron chi connectivity index (χ4n) is 1.29. The summed E-state index contributed by atoms with van der Waals surface area (Å²) in [6.07, 6.45) is 1.17. The molecule has 0 radical (unpaired) electrons. The van der Waals surface area contributed by atoms with Crippen molar-refractivity contribution in [2.45, 2.75) is 39.2 Å². The van der Waals surface area contributed by atoms with Crippen LogP contribution in [0.4, 0.5) is 0 Å². The van der Waals surface area contributed by atoms with Crippen molar-refractivity contribution in [1.29, 1.82) is 0 Å². The summed E-state index contributed by atoms with van der Waals surface area (Å²) in [7, 11) is -1.95. The predicted molar refractivity (Wildman–Crippen MR) is 74.3 cm³/mol. The maximum atomic E-state index is 11.8. The third-order valence-corrected chi connectivity index (χ3v) is 4.29. The molecule has 0 fully saturated rings. The molecule has 0 aliphatic heterocycles. The topological polar surface area (TPSA) is 66.5 Å². The van der Waals surface area contributed by atoms with Crippen LogP contribution in [0.2, 0.25) is 0 Å². The maximum absolute atomic E-state index is 11.8. The number of rotatable bonds is 7. The average molecular weight is 299 g/mol. The predicted octanol–water partition coefficient (Wildman–Crippen LogP) is 1.18. The SMILES string of the molecule is CN(CC(=O)NC(C)(C)C)S(=O)(=O)CCCCCl. The molecule has 0 rings (SSSR count). The molecule has 0 atom stereocenters. The standard InChI is InChI=1S/C11H23ClN2O3S/c1-11(2,3)13-10(15)9-14(4)18(16,17)8-6-5-7-12/h5-9H2,1-4H3,(H,13,15). The Hall–Kier alpha value is -0.330. The largest absolute Gasteiger partial charge is 0.350 e. The average Bonchev–Trinajstić information content (AvgIpc) is 2.14. The van der Waals surface area contributed by atoms with E-state index in [9.17, 15) is 13.2 Å². The van der Waals surface area contributed by atoms with E-state index in [4.69, 9.17) is 11.6 Å². The van der Waals surface area contributed by atoms with Crippen molar-refractivity contribution in [2.24, 2.45) is 0 Å². The molecule has 0 aliphatic carbocycles. The Balaban J connectivity index is 4.30. The number of amides is 1. The quantitative estimate of drug-likeness (QED) is 0.567. The molecule has 7 heteroatoms. The van der Waals surface area contributed by atoms with Crippen LogP contribution in [0.3, 0.4) is 0 Å². The normalized spacial score (nSPS) is 12.8. The monoisotopic (exact) mass is 298 g/mol. The third-order valence-electron chi connectivity index (χ3n) is 2.14. The molecule has 0 spiro atoms. The lowest BCUT2D eigenvalue weighted by Crippen LogP contribution is -2.46. The lowest BCUT2D eigenvalue weighted by atomic mass is 10.1. The number of unbranched alkanes of at least 4 members (excludes halogenated alkanes) is 1. The lowest BCUT2D eigenvalue weighted by molar-refractivity contribution is -0.122. The van der Waals surface area contributed by atoms with Crippen molar-refractivity contribution in [3.63, 3.8) is 0 Å². The molecule has 5 nitrogen and oxygen atoms in total. The number of nitrogens with zero attached hydrogens (tertiary/aromatic N) is 1. The van der Waals surface area contributed by atoms with Gasteiger partial charge in [0.1, 0.15) is 0 Å². The van der Waals surface area contributed by atoms with E-state index >= 15 is 0 Å². The number of carbonyl (C=O) groups excluding carboxylic acids is 1. The first-order valence-electron chi connectivity index (χ1n) is 5.89. The number of sulfonamides is 1. The van der Waals surface area contributed by atoms with Crippen LogP contribution < -0.4 is 5.32 Å². The van der Waals surface area contributed by atoms with E-state index in [1.165, 1.54) is 7.05 Å². The molecule has 0 aromatic heterocycles. The van der Waals surface area contributed by atoms with Gasteiger partial charge in [0.2, 0.25) is 15.9 Å². The molecule has 1 amide bonds. The van der Waals surface area contributed by atoms with Crippen molar-refractivity contribution in [3.8, 4) is 0 Å². The van der Waals surface area contributed by atoms with Crippen LogP contribution in [-0.2, 0) is 14.8 Å². The fraction of sp³-hybridized carbons (Fsp3) is 0.909. The van der Waals surface area contributed by atoms with Gasteiger partial charge in [-0.2, -0.15) is 4.31 Å². The van der Waals surface area contributed by atoms with Gasteiger partial charge in [0.05, 0.1) is 12.3 Å². The Labute approximate surface area is 115 Å². The van der Waals surface area contributed by atoms with Crippen molar-refractivity contribution in [1.82, 2.24) is 9.62 Å². The van der Waals surface area contributed by atoms with Gasteiger partial charge in [-0.15, -0.1) is 11.6 Å². The van der Waals surface area contributed by atoms with Crippen LogP contribution in [0.25, 0.3) is 0 Å². The van der Waals surface area contributed by atoms with Gasteiger partial charge in [-0.05, 0) is 33.6 Å². The molecular weight excluding hydrogens is 276 g/mol. The van der Waals surface area contributed by atoms with Gasteiger partial charge in [-0.25, -0.2) is 8.42 Å². The Bertz CT molecular complexity index is 363.